The zero-order chi connectivity index (χ0) is 13.3. The van der Waals surface area contributed by atoms with Gasteiger partial charge < -0.3 is 15.2 Å². The molecule has 0 bridgehead atoms. The average Bonchev–Trinajstić information content (AvgIpc) is 2.69. The lowest BCUT2D eigenvalue weighted by Crippen LogP contribution is -2.19. The molecule has 2 rings (SSSR count). The van der Waals surface area contributed by atoms with E-state index in [9.17, 15) is 0 Å². The third kappa shape index (κ3) is 2.51. The Bertz CT molecular complexity index is 562. The number of anilines is 2. The molecule has 0 aliphatic rings. The molecule has 1 heterocycles. The molecule has 0 unspecified atom stereocenters. The lowest BCUT2D eigenvalue weighted by molar-refractivity contribution is 0.761. The molecule has 5 heteroatoms. The van der Waals surface area contributed by atoms with Gasteiger partial charge in [-0.25, -0.2) is 4.98 Å². The summed E-state index contributed by atoms with van der Waals surface area (Å²) in [5, 5.41) is 0. The molecule has 0 fully saturated rings. The highest BCUT2D eigenvalue weighted by molar-refractivity contribution is 9.10. The van der Waals surface area contributed by atoms with Crippen molar-refractivity contribution >= 4 is 27.3 Å². The number of nitrogens with two attached hydrogens (primary N) is 1. The molecule has 4 nitrogen and oxygen atoms in total. The summed E-state index contributed by atoms with van der Waals surface area (Å²) < 4.78 is 3.02. The number of hydrogen-bond acceptors (Lipinski definition) is 3. The average molecular weight is 309 g/mol. The van der Waals surface area contributed by atoms with E-state index in [-0.39, 0.29) is 0 Å². The minimum atomic E-state index is 0.755. The summed E-state index contributed by atoms with van der Waals surface area (Å²) in [6, 6.07) is 4.03. The van der Waals surface area contributed by atoms with Gasteiger partial charge in [0.25, 0.3) is 0 Å². The van der Waals surface area contributed by atoms with Crippen molar-refractivity contribution in [3.8, 4) is 0 Å². The summed E-state index contributed by atoms with van der Waals surface area (Å²) in [5.74, 6) is 1.03. The van der Waals surface area contributed by atoms with E-state index in [2.05, 4.69) is 31.9 Å². The highest BCUT2D eigenvalue weighted by Crippen LogP contribution is 2.30. The van der Waals surface area contributed by atoms with Crippen LogP contribution < -0.4 is 10.6 Å². The van der Waals surface area contributed by atoms with Crippen LogP contribution in [0.3, 0.4) is 0 Å². The van der Waals surface area contributed by atoms with Crippen LogP contribution in [0.25, 0.3) is 0 Å². The Morgan fingerprint density at radius 1 is 1.44 bits per heavy atom. The summed E-state index contributed by atoms with van der Waals surface area (Å²) in [7, 11) is 4.05. The molecule has 0 atom stereocenters. The fraction of sp³-hybridized carbons (Fsp3) is 0.308. The van der Waals surface area contributed by atoms with E-state index in [1.165, 1.54) is 0 Å². The minimum Gasteiger partial charge on any atom is -0.398 e. The van der Waals surface area contributed by atoms with Crippen LogP contribution in [-0.4, -0.2) is 16.6 Å². The van der Waals surface area contributed by atoms with E-state index < -0.39 is 0 Å². The van der Waals surface area contributed by atoms with Crippen molar-refractivity contribution in [2.75, 3.05) is 17.7 Å². The van der Waals surface area contributed by atoms with Gasteiger partial charge in [0.15, 0.2) is 0 Å². The van der Waals surface area contributed by atoms with Gasteiger partial charge in [-0.2, -0.15) is 0 Å². The maximum absolute atomic E-state index is 5.88. The van der Waals surface area contributed by atoms with E-state index >= 15 is 0 Å². The standard InChI is InChI=1S/C13H17BrN4/c1-9-6-12(10(14)7-11(9)15)18(3)8-13-16-4-5-17(13)2/h4-7H,8,15H2,1-3H3. The first-order valence-electron chi connectivity index (χ1n) is 5.72. The van der Waals surface area contributed by atoms with E-state index in [1.807, 2.05) is 44.0 Å². The highest BCUT2D eigenvalue weighted by Gasteiger charge is 2.10. The maximum Gasteiger partial charge on any atom is 0.127 e. The summed E-state index contributed by atoms with van der Waals surface area (Å²) in [4.78, 5) is 6.48. The molecular formula is C13H17BrN4. The quantitative estimate of drug-likeness (QED) is 0.887. The summed E-state index contributed by atoms with van der Waals surface area (Å²) >= 11 is 3.56. The molecule has 0 amide bonds. The number of imidazole rings is 1. The molecule has 0 radical (unpaired) electrons. The van der Waals surface area contributed by atoms with Gasteiger partial charge in [0.05, 0.1) is 12.2 Å². The topological polar surface area (TPSA) is 47.1 Å². The number of halogens is 1. The smallest absolute Gasteiger partial charge is 0.127 e. The highest BCUT2D eigenvalue weighted by atomic mass is 79.9. The van der Waals surface area contributed by atoms with Crippen molar-refractivity contribution in [1.82, 2.24) is 9.55 Å². The van der Waals surface area contributed by atoms with Gasteiger partial charge in [-0.05, 0) is 40.5 Å². The Kier molecular flexibility index (Phi) is 3.61. The molecule has 2 aromatic rings. The first kappa shape index (κ1) is 13.0. The molecule has 0 aliphatic carbocycles. The van der Waals surface area contributed by atoms with Gasteiger partial charge in [-0.3, -0.25) is 0 Å². The number of rotatable bonds is 3. The third-order valence-corrected chi connectivity index (χ3v) is 3.68. The molecule has 18 heavy (non-hydrogen) atoms. The predicted molar refractivity (Wildman–Crippen MR) is 78.6 cm³/mol. The lowest BCUT2D eigenvalue weighted by Gasteiger charge is -2.21. The Balaban J connectivity index is 2.26. The van der Waals surface area contributed by atoms with E-state index in [0.717, 1.165) is 33.8 Å². The van der Waals surface area contributed by atoms with Gasteiger partial charge in [-0.1, -0.05) is 0 Å². The van der Waals surface area contributed by atoms with Crippen LogP contribution in [-0.2, 0) is 13.6 Å². The van der Waals surface area contributed by atoms with Gasteiger partial charge in [0.2, 0.25) is 0 Å². The van der Waals surface area contributed by atoms with Gasteiger partial charge >= 0.3 is 0 Å². The van der Waals surface area contributed by atoms with Gasteiger partial charge in [0, 0.05) is 36.6 Å². The molecule has 0 spiro atoms. The van der Waals surface area contributed by atoms with Crippen LogP contribution in [0, 0.1) is 6.92 Å². The summed E-state index contributed by atoms with van der Waals surface area (Å²) in [6.07, 6.45) is 3.76. The molecule has 0 saturated heterocycles. The lowest BCUT2D eigenvalue weighted by atomic mass is 10.1. The van der Waals surface area contributed by atoms with Crippen molar-refractivity contribution < 1.29 is 0 Å². The van der Waals surface area contributed by atoms with Crippen LogP contribution in [0.1, 0.15) is 11.4 Å². The molecular weight excluding hydrogens is 292 g/mol. The van der Waals surface area contributed by atoms with Gasteiger partial charge in [0.1, 0.15) is 5.82 Å². The second kappa shape index (κ2) is 5.02. The zero-order valence-electron chi connectivity index (χ0n) is 10.8. The Morgan fingerprint density at radius 2 is 2.17 bits per heavy atom. The summed E-state index contributed by atoms with van der Waals surface area (Å²) in [6.45, 7) is 2.77. The molecule has 96 valence electrons. The van der Waals surface area contributed by atoms with Crippen LogP contribution in [0.5, 0.6) is 0 Å². The van der Waals surface area contributed by atoms with Crippen molar-refractivity contribution in [3.05, 3.63) is 40.4 Å². The number of aromatic nitrogens is 2. The van der Waals surface area contributed by atoms with E-state index in [4.69, 9.17) is 5.73 Å². The Labute approximate surface area is 116 Å². The van der Waals surface area contributed by atoms with Crippen molar-refractivity contribution in [3.63, 3.8) is 0 Å². The third-order valence-electron chi connectivity index (χ3n) is 3.05. The fourth-order valence-electron chi connectivity index (χ4n) is 1.82. The maximum atomic E-state index is 5.88. The Hall–Kier alpha value is -1.49. The fourth-order valence-corrected chi connectivity index (χ4v) is 2.48. The largest absolute Gasteiger partial charge is 0.398 e. The Morgan fingerprint density at radius 3 is 2.78 bits per heavy atom. The normalized spacial score (nSPS) is 10.7. The predicted octanol–water partition coefficient (Wildman–Crippen LogP) is 2.71. The monoisotopic (exact) mass is 308 g/mol. The SMILES string of the molecule is Cc1cc(N(C)Cc2nccn2C)c(Br)cc1N. The second-order valence-corrected chi connectivity index (χ2v) is 5.32. The van der Waals surface area contributed by atoms with Crippen molar-refractivity contribution in [1.29, 1.82) is 0 Å². The van der Waals surface area contributed by atoms with Crippen molar-refractivity contribution in [2.45, 2.75) is 13.5 Å². The number of nitrogens with zero attached hydrogens (tertiary/aromatic N) is 3. The molecule has 1 aromatic heterocycles. The minimum absolute atomic E-state index is 0.755. The first-order valence-corrected chi connectivity index (χ1v) is 6.51. The van der Waals surface area contributed by atoms with Crippen molar-refractivity contribution in [2.24, 2.45) is 7.05 Å². The van der Waals surface area contributed by atoms with E-state index in [1.54, 1.807) is 0 Å². The van der Waals surface area contributed by atoms with Crippen LogP contribution in [0.15, 0.2) is 29.0 Å². The van der Waals surface area contributed by atoms with Crippen LogP contribution in [0.2, 0.25) is 0 Å². The van der Waals surface area contributed by atoms with E-state index in [0.29, 0.717) is 0 Å². The van der Waals surface area contributed by atoms with Crippen LogP contribution in [0.4, 0.5) is 11.4 Å². The molecule has 1 aromatic carbocycles. The molecule has 2 N–H and O–H groups in total. The first-order chi connectivity index (χ1) is 8.49. The zero-order valence-corrected chi connectivity index (χ0v) is 12.4. The second-order valence-electron chi connectivity index (χ2n) is 4.47. The number of benzene rings is 1. The molecule has 0 aliphatic heterocycles. The number of hydrogen-bond donors (Lipinski definition) is 1. The van der Waals surface area contributed by atoms with Crippen LogP contribution >= 0.6 is 15.9 Å². The molecule has 0 saturated carbocycles. The van der Waals surface area contributed by atoms with Gasteiger partial charge in [-0.15, -0.1) is 0 Å². The number of aryl methyl sites for hydroxylation is 2. The number of nitrogen functional groups attached to an aromatic ring is 1. The summed E-state index contributed by atoms with van der Waals surface area (Å²) in [5.41, 5.74) is 8.89.